The zero-order chi connectivity index (χ0) is 16.2. The smallest absolute Gasteiger partial charge is 0.395 e. The van der Waals surface area contributed by atoms with Crippen LogP contribution in [0.2, 0.25) is 0 Å². The summed E-state index contributed by atoms with van der Waals surface area (Å²) in [6.45, 7) is 3.89. The molecule has 2 nitrogen and oxygen atoms in total. The third-order valence-corrected chi connectivity index (χ3v) is 4.69. The van der Waals surface area contributed by atoms with Crippen molar-refractivity contribution in [2.75, 3.05) is 0 Å². The quantitative estimate of drug-likeness (QED) is 0.722. The Hall–Kier alpha value is -2.10. The van der Waals surface area contributed by atoms with Crippen LogP contribution >= 0.6 is 0 Å². The summed E-state index contributed by atoms with van der Waals surface area (Å²) >= 11 is 0. The van der Waals surface area contributed by atoms with Crippen molar-refractivity contribution in [3.8, 4) is 22.6 Å². The molecule has 0 radical (unpaired) electrons. The third-order valence-electron chi connectivity index (χ3n) is 4.69. The Labute approximate surface area is 134 Å². The van der Waals surface area contributed by atoms with Crippen LogP contribution in [0.5, 0.6) is 11.5 Å². The molecule has 2 aromatic carbocycles. The molecule has 1 fully saturated rings. The SMILES string of the molecule is Cc1ccc(C2CCC2)c(-c2cc(C)cc3c2OC(F)(F)O3)c1. The van der Waals surface area contributed by atoms with Crippen molar-refractivity contribution >= 4 is 0 Å². The van der Waals surface area contributed by atoms with Gasteiger partial charge in [0.2, 0.25) is 0 Å². The van der Waals surface area contributed by atoms with E-state index in [9.17, 15) is 8.78 Å². The van der Waals surface area contributed by atoms with Gasteiger partial charge >= 0.3 is 6.29 Å². The van der Waals surface area contributed by atoms with Crippen LogP contribution in [-0.4, -0.2) is 6.29 Å². The van der Waals surface area contributed by atoms with E-state index in [1.54, 1.807) is 6.07 Å². The minimum Gasteiger partial charge on any atom is -0.395 e. The van der Waals surface area contributed by atoms with E-state index in [4.69, 9.17) is 4.74 Å². The molecule has 0 unspecified atom stereocenters. The van der Waals surface area contributed by atoms with Gasteiger partial charge in [0.15, 0.2) is 11.5 Å². The largest absolute Gasteiger partial charge is 0.586 e. The van der Waals surface area contributed by atoms with E-state index in [0.717, 1.165) is 29.5 Å². The maximum Gasteiger partial charge on any atom is 0.586 e. The number of hydrogen-bond donors (Lipinski definition) is 0. The molecule has 4 rings (SSSR count). The second-order valence-corrected chi connectivity index (χ2v) is 6.53. The fourth-order valence-electron chi connectivity index (χ4n) is 3.37. The van der Waals surface area contributed by atoms with E-state index >= 15 is 0 Å². The Bertz CT molecular complexity index is 779. The van der Waals surface area contributed by atoms with Gasteiger partial charge in [-0.25, -0.2) is 0 Å². The van der Waals surface area contributed by atoms with Crippen molar-refractivity contribution in [2.45, 2.75) is 45.3 Å². The van der Waals surface area contributed by atoms with Gasteiger partial charge in [-0.05, 0) is 61.4 Å². The number of halogens is 2. The highest BCUT2D eigenvalue weighted by Gasteiger charge is 2.45. The fraction of sp³-hybridized carbons (Fsp3) is 0.368. The van der Waals surface area contributed by atoms with Crippen LogP contribution in [0.15, 0.2) is 30.3 Å². The minimum atomic E-state index is -3.59. The Morgan fingerprint density at radius 1 is 0.957 bits per heavy atom. The molecule has 4 heteroatoms. The molecule has 0 spiro atoms. The van der Waals surface area contributed by atoms with Crippen molar-refractivity contribution < 1.29 is 18.3 Å². The summed E-state index contributed by atoms with van der Waals surface area (Å²) < 4.78 is 36.5. The maximum atomic E-state index is 13.5. The average molecular weight is 316 g/mol. The molecule has 1 aliphatic heterocycles. The summed E-state index contributed by atoms with van der Waals surface area (Å²) in [5.41, 5.74) is 4.87. The molecule has 0 aromatic heterocycles. The predicted molar refractivity (Wildman–Crippen MR) is 84.1 cm³/mol. The molecule has 2 aromatic rings. The van der Waals surface area contributed by atoms with Crippen LogP contribution < -0.4 is 9.47 Å². The number of aryl methyl sites for hydroxylation is 2. The number of rotatable bonds is 2. The second-order valence-electron chi connectivity index (χ2n) is 6.53. The zero-order valence-electron chi connectivity index (χ0n) is 13.2. The molecule has 0 N–H and O–H groups in total. The van der Waals surface area contributed by atoms with E-state index in [0.29, 0.717) is 11.5 Å². The van der Waals surface area contributed by atoms with E-state index in [1.807, 2.05) is 19.9 Å². The first-order valence-corrected chi connectivity index (χ1v) is 7.94. The first-order valence-electron chi connectivity index (χ1n) is 7.94. The summed E-state index contributed by atoms with van der Waals surface area (Å²) in [6, 6.07) is 9.76. The van der Waals surface area contributed by atoms with Gasteiger partial charge < -0.3 is 9.47 Å². The summed E-state index contributed by atoms with van der Waals surface area (Å²) in [5.74, 6) is 0.766. The standard InChI is InChI=1S/C19H18F2O2/c1-11-6-7-14(13-4-3-5-13)15(8-11)16-9-12(2)10-17-18(16)23-19(20,21)22-17/h6-10,13H,3-5H2,1-2H3. The van der Waals surface area contributed by atoms with Gasteiger partial charge in [0.25, 0.3) is 0 Å². The highest BCUT2D eigenvalue weighted by molar-refractivity contribution is 5.78. The minimum absolute atomic E-state index is 0.117. The monoisotopic (exact) mass is 316 g/mol. The summed E-state index contributed by atoms with van der Waals surface area (Å²) in [4.78, 5) is 0. The summed E-state index contributed by atoms with van der Waals surface area (Å²) in [5, 5.41) is 0. The molecule has 1 aliphatic carbocycles. The Morgan fingerprint density at radius 3 is 2.39 bits per heavy atom. The van der Waals surface area contributed by atoms with Gasteiger partial charge in [-0.2, -0.15) is 0 Å². The molecule has 2 aliphatic rings. The van der Waals surface area contributed by atoms with Crippen LogP contribution in [-0.2, 0) is 0 Å². The highest BCUT2D eigenvalue weighted by Crippen LogP contribution is 2.50. The van der Waals surface area contributed by atoms with Gasteiger partial charge in [0.05, 0.1) is 0 Å². The number of ether oxygens (including phenoxy) is 2. The molecule has 120 valence electrons. The Balaban J connectivity index is 1.91. The van der Waals surface area contributed by atoms with Crippen LogP contribution in [0.1, 0.15) is 41.9 Å². The fourth-order valence-corrected chi connectivity index (χ4v) is 3.37. The van der Waals surface area contributed by atoms with Crippen molar-refractivity contribution in [1.29, 1.82) is 0 Å². The Kier molecular flexibility index (Phi) is 3.12. The van der Waals surface area contributed by atoms with Crippen LogP contribution in [0.3, 0.4) is 0 Å². The van der Waals surface area contributed by atoms with E-state index < -0.39 is 6.29 Å². The molecule has 0 saturated heterocycles. The topological polar surface area (TPSA) is 18.5 Å². The Morgan fingerprint density at radius 2 is 1.70 bits per heavy atom. The lowest BCUT2D eigenvalue weighted by atomic mass is 9.76. The van der Waals surface area contributed by atoms with Crippen LogP contribution in [0.4, 0.5) is 8.78 Å². The lowest BCUT2D eigenvalue weighted by Crippen LogP contribution is -2.26. The van der Waals surface area contributed by atoms with Crippen molar-refractivity contribution in [2.24, 2.45) is 0 Å². The molecule has 1 saturated carbocycles. The molecule has 0 atom stereocenters. The lowest BCUT2D eigenvalue weighted by molar-refractivity contribution is -0.286. The number of hydrogen-bond acceptors (Lipinski definition) is 2. The lowest BCUT2D eigenvalue weighted by Gasteiger charge is -2.28. The predicted octanol–water partition coefficient (Wildman–Crippen LogP) is 5.56. The zero-order valence-corrected chi connectivity index (χ0v) is 13.2. The van der Waals surface area contributed by atoms with Gasteiger partial charge in [-0.15, -0.1) is 8.78 Å². The van der Waals surface area contributed by atoms with Gasteiger partial charge in [0, 0.05) is 5.56 Å². The van der Waals surface area contributed by atoms with E-state index in [1.165, 1.54) is 12.0 Å². The van der Waals surface area contributed by atoms with Gasteiger partial charge in [-0.1, -0.05) is 30.2 Å². The summed E-state index contributed by atoms with van der Waals surface area (Å²) in [6.07, 6.45) is -0.0674. The number of alkyl halides is 2. The van der Waals surface area contributed by atoms with Crippen LogP contribution in [0, 0.1) is 13.8 Å². The maximum absolute atomic E-state index is 13.5. The second kappa shape index (κ2) is 4.95. The van der Waals surface area contributed by atoms with Crippen molar-refractivity contribution in [3.63, 3.8) is 0 Å². The molecular formula is C19H18F2O2. The number of benzene rings is 2. The normalized spacial score (nSPS) is 18.8. The summed E-state index contributed by atoms with van der Waals surface area (Å²) in [7, 11) is 0. The first kappa shape index (κ1) is 14.5. The molecule has 23 heavy (non-hydrogen) atoms. The van der Waals surface area contributed by atoms with E-state index in [-0.39, 0.29) is 11.5 Å². The van der Waals surface area contributed by atoms with E-state index in [2.05, 4.69) is 22.9 Å². The van der Waals surface area contributed by atoms with Crippen LogP contribution in [0.25, 0.3) is 11.1 Å². The van der Waals surface area contributed by atoms with Gasteiger partial charge in [0.1, 0.15) is 0 Å². The first-order chi connectivity index (χ1) is 10.9. The third kappa shape index (κ3) is 2.46. The molecule has 0 amide bonds. The average Bonchev–Trinajstić information content (AvgIpc) is 2.71. The molecular weight excluding hydrogens is 298 g/mol. The van der Waals surface area contributed by atoms with Gasteiger partial charge in [-0.3, -0.25) is 0 Å². The van der Waals surface area contributed by atoms with Crippen molar-refractivity contribution in [3.05, 3.63) is 47.0 Å². The molecule has 0 bridgehead atoms. The van der Waals surface area contributed by atoms with Crippen molar-refractivity contribution in [1.82, 2.24) is 0 Å². The highest BCUT2D eigenvalue weighted by atomic mass is 19.3. The molecule has 1 heterocycles. The number of fused-ring (bicyclic) bond motifs is 1.